The van der Waals surface area contributed by atoms with Gasteiger partial charge in [-0.2, -0.15) is 0 Å². The Hall–Kier alpha value is -1.03. The average molecular weight is 294 g/mol. The van der Waals surface area contributed by atoms with Crippen molar-refractivity contribution in [3.05, 3.63) is 23.2 Å². The lowest BCUT2D eigenvalue weighted by molar-refractivity contribution is -0.116. The molecule has 1 atom stereocenters. The molecule has 4 heteroatoms. The second-order valence-corrected chi connectivity index (χ2v) is 12.0. The predicted molar refractivity (Wildman–Crippen MR) is 82.8 cm³/mol. The number of ether oxygens (including phenoxy) is 1. The van der Waals surface area contributed by atoms with Crippen molar-refractivity contribution in [1.29, 1.82) is 0 Å². The molecule has 0 saturated carbocycles. The van der Waals surface area contributed by atoms with E-state index in [1.54, 1.807) is 0 Å². The summed E-state index contributed by atoms with van der Waals surface area (Å²) in [5, 5.41) is 0.138. The van der Waals surface area contributed by atoms with Gasteiger partial charge in [-0.05, 0) is 37.6 Å². The smallest absolute Gasteiger partial charge is 0.250 e. The molecule has 0 aromatic rings. The van der Waals surface area contributed by atoms with E-state index >= 15 is 0 Å². The number of carbonyl (C=O) groups is 1. The van der Waals surface area contributed by atoms with Crippen LogP contribution in [-0.2, 0) is 14.0 Å². The molecule has 1 heterocycles. The van der Waals surface area contributed by atoms with Crippen molar-refractivity contribution < 1.29 is 14.0 Å². The molecular weight excluding hydrogens is 268 g/mol. The summed E-state index contributed by atoms with van der Waals surface area (Å²) in [6, 6.07) is 0. The van der Waals surface area contributed by atoms with Gasteiger partial charge >= 0.3 is 0 Å². The maximum Gasteiger partial charge on any atom is 0.250 e. The van der Waals surface area contributed by atoms with Crippen molar-refractivity contribution in [2.45, 2.75) is 71.2 Å². The summed E-state index contributed by atoms with van der Waals surface area (Å²) < 4.78 is 12.3. The maximum atomic E-state index is 12.0. The van der Waals surface area contributed by atoms with Gasteiger partial charge in [0.25, 0.3) is 0 Å². The number of Topliss-reactive ketones (excluding diaryl/α,β-unsaturated/α-hetero) is 1. The highest BCUT2D eigenvalue weighted by molar-refractivity contribution is 6.74. The van der Waals surface area contributed by atoms with Crippen molar-refractivity contribution in [3.8, 4) is 0 Å². The standard InChI is InChI=1S/C16H26O3Si/c1-11-15(19-20(5,6)16(2,3)4)10-12-13(17)8-7-9-14(12)18-11/h10-11H,7-9H2,1-6H3. The molecule has 0 aromatic heterocycles. The van der Waals surface area contributed by atoms with Crippen LogP contribution in [-0.4, -0.2) is 20.2 Å². The van der Waals surface area contributed by atoms with E-state index in [9.17, 15) is 4.79 Å². The zero-order valence-corrected chi connectivity index (χ0v) is 14.5. The highest BCUT2D eigenvalue weighted by Crippen LogP contribution is 2.40. The Balaban J connectivity index is 2.28. The molecule has 0 amide bonds. The maximum absolute atomic E-state index is 12.0. The first-order chi connectivity index (χ1) is 9.12. The van der Waals surface area contributed by atoms with Crippen molar-refractivity contribution in [3.63, 3.8) is 0 Å². The van der Waals surface area contributed by atoms with Gasteiger partial charge in [-0.1, -0.05) is 20.8 Å². The summed E-state index contributed by atoms with van der Waals surface area (Å²) in [7, 11) is -1.89. The molecule has 0 N–H and O–H groups in total. The summed E-state index contributed by atoms with van der Waals surface area (Å²) in [6.45, 7) is 13.1. The largest absolute Gasteiger partial charge is 0.544 e. The third-order valence-electron chi connectivity index (χ3n) is 4.59. The fourth-order valence-electron chi connectivity index (χ4n) is 2.21. The minimum atomic E-state index is -1.89. The van der Waals surface area contributed by atoms with E-state index in [0.29, 0.717) is 6.42 Å². The summed E-state index contributed by atoms with van der Waals surface area (Å²) in [5.41, 5.74) is 0.739. The molecule has 0 fully saturated rings. The SMILES string of the molecule is CC1OC2=C(C=C1O[Si](C)(C)C(C)(C)C)C(=O)CCC2. The lowest BCUT2D eigenvalue weighted by atomic mass is 9.93. The van der Waals surface area contributed by atoms with Crippen molar-refractivity contribution in [2.75, 3.05) is 0 Å². The molecule has 0 radical (unpaired) electrons. The van der Waals surface area contributed by atoms with Gasteiger partial charge in [-0.15, -0.1) is 0 Å². The fraction of sp³-hybridized carbons (Fsp3) is 0.688. The Morgan fingerprint density at radius 3 is 2.55 bits per heavy atom. The Bertz CT molecular complexity index is 480. The molecule has 0 aromatic carbocycles. The molecular formula is C16H26O3Si. The molecule has 3 nitrogen and oxygen atoms in total. The van der Waals surface area contributed by atoms with Crippen LogP contribution in [0.3, 0.4) is 0 Å². The first kappa shape index (κ1) is 15.4. The minimum absolute atomic E-state index is 0.0891. The Kier molecular flexibility index (Phi) is 3.89. The average Bonchev–Trinajstić information content (AvgIpc) is 2.29. The highest BCUT2D eigenvalue weighted by Gasteiger charge is 2.41. The third kappa shape index (κ3) is 2.85. The van der Waals surface area contributed by atoms with Crippen LogP contribution in [0.4, 0.5) is 0 Å². The van der Waals surface area contributed by atoms with Crippen LogP contribution in [0.15, 0.2) is 23.2 Å². The van der Waals surface area contributed by atoms with Gasteiger partial charge in [0.15, 0.2) is 11.9 Å². The molecule has 20 heavy (non-hydrogen) atoms. The zero-order chi connectivity index (χ0) is 15.1. The summed E-state index contributed by atoms with van der Waals surface area (Å²) in [4.78, 5) is 12.0. The molecule has 0 bridgehead atoms. The molecule has 112 valence electrons. The Morgan fingerprint density at radius 2 is 1.95 bits per heavy atom. The first-order valence-corrected chi connectivity index (χ1v) is 10.4. The van der Waals surface area contributed by atoms with E-state index in [0.717, 1.165) is 29.9 Å². The van der Waals surface area contributed by atoms with Crippen LogP contribution >= 0.6 is 0 Å². The number of ketones is 1. The Labute approximate surface area is 123 Å². The lowest BCUT2D eigenvalue weighted by Crippen LogP contribution is -2.42. The number of allylic oxidation sites excluding steroid dienone is 3. The van der Waals surface area contributed by atoms with Crippen LogP contribution in [0.25, 0.3) is 0 Å². The minimum Gasteiger partial charge on any atom is -0.544 e. The van der Waals surface area contributed by atoms with E-state index < -0.39 is 8.32 Å². The summed E-state index contributed by atoms with van der Waals surface area (Å²) in [5.74, 6) is 1.87. The van der Waals surface area contributed by atoms with E-state index in [1.807, 2.05) is 13.0 Å². The summed E-state index contributed by atoms with van der Waals surface area (Å²) in [6.07, 6.45) is 4.24. The molecule has 1 aliphatic carbocycles. The highest BCUT2D eigenvalue weighted by atomic mass is 28.4. The number of hydrogen-bond acceptors (Lipinski definition) is 3. The van der Waals surface area contributed by atoms with Crippen LogP contribution in [0.1, 0.15) is 47.0 Å². The predicted octanol–water partition coefficient (Wildman–Crippen LogP) is 4.32. The van der Waals surface area contributed by atoms with Gasteiger partial charge in [0.2, 0.25) is 8.32 Å². The number of rotatable bonds is 2. The number of hydrogen-bond donors (Lipinski definition) is 0. The molecule has 1 aliphatic heterocycles. The van der Waals surface area contributed by atoms with Gasteiger partial charge in [0, 0.05) is 12.8 Å². The fourth-order valence-corrected chi connectivity index (χ4v) is 3.33. The zero-order valence-electron chi connectivity index (χ0n) is 13.5. The number of carbonyl (C=O) groups excluding carboxylic acids is 1. The van der Waals surface area contributed by atoms with Gasteiger partial charge in [-0.3, -0.25) is 4.79 Å². The van der Waals surface area contributed by atoms with E-state index in [1.165, 1.54) is 0 Å². The molecule has 0 saturated heterocycles. The van der Waals surface area contributed by atoms with Crippen LogP contribution in [0.5, 0.6) is 0 Å². The third-order valence-corrected chi connectivity index (χ3v) is 8.95. The monoisotopic (exact) mass is 294 g/mol. The lowest BCUT2D eigenvalue weighted by Gasteiger charge is -2.40. The van der Waals surface area contributed by atoms with E-state index in [-0.39, 0.29) is 16.9 Å². The van der Waals surface area contributed by atoms with Gasteiger partial charge in [0.1, 0.15) is 11.5 Å². The van der Waals surface area contributed by atoms with Crippen molar-refractivity contribution in [2.24, 2.45) is 0 Å². The van der Waals surface area contributed by atoms with Crippen LogP contribution < -0.4 is 0 Å². The van der Waals surface area contributed by atoms with Crippen LogP contribution in [0.2, 0.25) is 18.1 Å². The van der Waals surface area contributed by atoms with Gasteiger partial charge < -0.3 is 9.16 Å². The van der Waals surface area contributed by atoms with Crippen molar-refractivity contribution in [1.82, 2.24) is 0 Å². The van der Waals surface area contributed by atoms with E-state index in [4.69, 9.17) is 9.16 Å². The Morgan fingerprint density at radius 1 is 1.30 bits per heavy atom. The molecule has 2 rings (SSSR count). The normalized spacial score (nSPS) is 24.0. The topological polar surface area (TPSA) is 35.5 Å². The van der Waals surface area contributed by atoms with Gasteiger partial charge in [0.05, 0.1) is 5.57 Å². The van der Waals surface area contributed by atoms with E-state index in [2.05, 4.69) is 33.9 Å². The molecule has 2 aliphatic rings. The summed E-state index contributed by atoms with van der Waals surface area (Å²) >= 11 is 0. The molecule has 1 unspecified atom stereocenters. The first-order valence-electron chi connectivity index (χ1n) is 7.45. The second kappa shape index (κ2) is 5.06. The quantitative estimate of drug-likeness (QED) is 0.712. The van der Waals surface area contributed by atoms with Crippen molar-refractivity contribution >= 4 is 14.1 Å². The van der Waals surface area contributed by atoms with Gasteiger partial charge in [-0.25, -0.2) is 0 Å². The molecule has 0 spiro atoms. The second-order valence-electron chi connectivity index (χ2n) is 7.28. The van der Waals surface area contributed by atoms with Crippen LogP contribution in [0, 0.1) is 0 Å².